The van der Waals surface area contributed by atoms with Crippen molar-refractivity contribution in [1.29, 1.82) is 0 Å². The molecule has 0 spiro atoms. The van der Waals surface area contributed by atoms with Crippen LogP contribution in [0.15, 0.2) is 53.8 Å². The number of guanidine groups is 1. The summed E-state index contributed by atoms with van der Waals surface area (Å²) in [6, 6.07) is 11.9. The van der Waals surface area contributed by atoms with Crippen LogP contribution in [-0.2, 0) is 13.1 Å². The van der Waals surface area contributed by atoms with Crippen LogP contribution in [0.25, 0.3) is 0 Å². The Balaban J connectivity index is 0.00000280. The van der Waals surface area contributed by atoms with Crippen molar-refractivity contribution in [3.8, 4) is 0 Å². The topological polar surface area (TPSA) is 61.7 Å². The fourth-order valence-corrected chi connectivity index (χ4v) is 3.32. The molecule has 0 saturated carbocycles. The van der Waals surface area contributed by atoms with Gasteiger partial charge in [0.15, 0.2) is 5.96 Å². The molecule has 1 amide bonds. The Hall–Kier alpha value is -2.03. The Labute approximate surface area is 184 Å². The predicted octanol–water partition coefficient (Wildman–Crippen LogP) is 3.10. The zero-order valence-corrected chi connectivity index (χ0v) is 18.8. The fourth-order valence-electron chi connectivity index (χ4n) is 3.32. The standard InChI is InChI=1S/C21H29N5O.HI/c1-22-21(23-10-15-25-11-5-6-12-25)24-17-18-8-7-9-19(16-18)20(27)26-13-3-2-4-14-26;/h5-9,11-12,16H,2-4,10,13-15,17H2,1H3,(H2,22,23,24);1H. The lowest BCUT2D eigenvalue weighted by Crippen LogP contribution is -2.38. The quantitative estimate of drug-likeness (QED) is 0.368. The molecule has 2 heterocycles. The summed E-state index contributed by atoms with van der Waals surface area (Å²) in [7, 11) is 1.77. The van der Waals surface area contributed by atoms with Gasteiger partial charge in [-0.1, -0.05) is 12.1 Å². The molecule has 0 atom stereocenters. The molecule has 0 aliphatic carbocycles. The van der Waals surface area contributed by atoms with Crippen molar-refractivity contribution >= 4 is 35.8 Å². The van der Waals surface area contributed by atoms with Gasteiger partial charge in [0.05, 0.1) is 0 Å². The molecule has 1 saturated heterocycles. The van der Waals surface area contributed by atoms with Crippen LogP contribution in [0.5, 0.6) is 0 Å². The number of hydrogen-bond donors (Lipinski definition) is 2. The number of nitrogens with zero attached hydrogens (tertiary/aromatic N) is 3. The summed E-state index contributed by atoms with van der Waals surface area (Å²) in [5.41, 5.74) is 1.85. The molecular weight excluding hydrogens is 465 g/mol. The minimum absolute atomic E-state index is 0. The van der Waals surface area contributed by atoms with E-state index in [2.05, 4.69) is 20.2 Å². The third-order valence-electron chi connectivity index (χ3n) is 4.83. The lowest BCUT2D eigenvalue weighted by atomic mass is 10.1. The average Bonchev–Trinajstić information content (AvgIpc) is 3.24. The van der Waals surface area contributed by atoms with Gasteiger partial charge in [0, 0.05) is 57.7 Å². The number of halogens is 1. The summed E-state index contributed by atoms with van der Waals surface area (Å²) in [5.74, 6) is 0.903. The van der Waals surface area contributed by atoms with Crippen LogP contribution >= 0.6 is 24.0 Å². The molecule has 1 aliphatic rings. The van der Waals surface area contributed by atoms with Gasteiger partial charge in [-0.15, -0.1) is 24.0 Å². The van der Waals surface area contributed by atoms with Crippen molar-refractivity contribution in [2.75, 3.05) is 26.7 Å². The SMILES string of the molecule is CN=C(NCCn1cccc1)NCc1cccc(C(=O)N2CCCCC2)c1.I. The van der Waals surface area contributed by atoms with Gasteiger partial charge in [0.25, 0.3) is 5.91 Å². The number of carbonyl (C=O) groups excluding carboxylic acids is 1. The van der Waals surface area contributed by atoms with Gasteiger partial charge in [0.2, 0.25) is 0 Å². The number of aliphatic imine (C=N–C) groups is 1. The van der Waals surface area contributed by atoms with Crippen molar-refractivity contribution < 1.29 is 4.79 Å². The van der Waals surface area contributed by atoms with Crippen LogP contribution in [0.2, 0.25) is 0 Å². The molecule has 3 rings (SSSR count). The van der Waals surface area contributed by atoms with Crippen LogP contribution in [0.4, 0.5) is 0 Å². The van der Waals surface area contributed by atoms with Crippen LogP contribution < -0.4 is 10.6 Å². The summed E-state index contributed by atoms with van der Waals surface area (Å²) in [6.07, 6.45) is 7.53. The van der Waals surface area contributed by atoms with Crippen LogP contribution in [-0.4, -0.2) is 48.0 Å². The van der Waals surface area contributed by atoms with E-state index in [0.717, 1.165) is 56.1 Å². The number of rotatable bonds is 6. The van der Waals surface area contributed by atoms with Crippen molar-refractivity contribution in [2.45, 2.75) is 32.4 Å². The van der Waals surface area contributed by atoms with Crippen molar-refractivity contribution in [1.82, 2.24) is 20.1 Å². The minimum Gasteiger partial charge on any atom is -0.355 e. The second-order valence-corrected chi connectivity index (χ2v) is 6.83. The smallest absolute Gasteiger partial charge is 0.253 e. The van der Waals surface area contributed by atoms with Gasteiger partial charge >= 0.3 is 0 Å². The number of benzene rings is 1. The highest BCUT2D eigenvalue weighted by atomic mass is 127. The number of piperidine rings is 1. The van der Waals surface area contributed by atoms with Gasteiger partial charge in [0.1, 0.15) is 0 Å². The molecule has 2 aromatic rings. The molecule has 0 unspecified atom stereocenters. The first kappa shape index (κ1) is 22.3. The van der Waals surface area contributed by atoms with Gasteiger partial charge in [-0.2, -0.15) is 0 Å². The minimum atomic E-state index is 0. The van der Waals surface area contributed by atoms with Crippen LogP contribution in [0.3, 0.4) is 0 Å². The van der Waals surface area contributed by atoms with E-state index in [4.69, 9.17) is 0 Å². The highest BCUT2D eigenvalue weighted by Crippen LogP contribution is 2.14. The van der Waals surface area contributed by atoms with Gasteiger partial charge < -0.3 is 20.1 Å². The number of aromatic nitrogens is 1. The van der Waals surface area contributed by atoms with E-state index in [1.807, 2.05) is 53.7 Å². The lowest BCUT2D eigenvalue weighted by Gasteiger charge is -2.26. The third-order valence-corrected chi connectivity index (χ3v) is 4.83. The predicted molar refractivity (Wildman–Crippen MR) is 124 cm³/mol. The second-order valence-electron chi connectivity index (χ2n) is 6.83. The number of nitrogens with one attached hydrogen (secondary N) is 2. The number of hydrogen-bond acceptors (Lipinski definition) is 2. The van der Waals surface area contributed by atoms with E-state index in [1.165, 1.54) is 6.42 Å². The maximum Gasteiger partial charge on any atom is 0.253 e. The molecule has 1 aromatic carbocycles. The van der Waals surface area contributed by atoms with Crippen LogP contribution in [0, 0.1) is 0 Å². The molecule has 1 fully saturated rings. The van der Waals surface area contributed by atoms with Crippen molar-refractivity contribution in [3.63, 3.8) is 0 Å². The first-order chi connectivity index (χ1) is 13.3. The van der Waals surface area contributed by atoms with E-state index in [1.54, 1.807) is 7.05 Å². The molecule has 6 nitrogen and oxygen atoms in total. The second kappa shape index (κ2) is 11.7. The van der Waals surface area contributed by atoms with Gasteiger partial charge in [-0.3, -0.25) is 9.79 Å². The third kappa shape index (κ3) is 6.54. The molecule has 0 radical (unpaired) electrons. The van der Waals surface area contributed by atoms with Gasteiger partial charge in [-0.05, 0) is 49.1 Å². The van der Waals surface area contributed by atoms with E-state index in [-0.39, 0.29) is 29.9 Å². The van der Waals surface area contributed by atoms with E-state index < -0.39 is 0 Å². The Morgan fingerprint density at radius 3 is 2.54 bits per heavy atom. The van der Waals surface area contributed by atoms with Gasteiger partial charge in [-0.25, -0.2) is 0 Å². The summed E-state index contributed by atoms with van der Waals surface area (Å²) >= 11 is 0. The number of likely N-dealkylation sites (tertiary alicyclic amines) is 1. The van der Waals surface area contributed by atoms with Crippen molar-refractivity contribution in [3.05, 3.63) is 59.9 Å². The molecule has 1 aliphatic heterocycles. The molecule has 7 heteroatoms. The van der Waals surface area contributed by atoms with E-state index >= 15 is 0 Å². The normalized spacial score (nSPS) is 14.3. The van der Waals surface area contributed by atoms with Crippen molar-refractivity contribution in [2.24, 2.45) is 4.99 Å². The largest absolute Gasteiger partial charge is 0.355 e. The Morgan fingerprint density at radius 1 is 1.07 bits per heavy atom. The number of amides is 1. The molecule has 1 aromatic heterocycles. The van der Waals surface area contributed by atoms with E-state index in [0.29, 0.717) is 6.54 Å². The Kier molecular flexibility index (Phi) is 9.33. The maximum absolute atomic E-state index is 12.7. The molecular formula is C21H30IN5O. The average molecular weight is 495 g/mol. The number of carbonyl (C=O) groups is 1. The first-order valence-electron chi connectivity index (χ1n) is 9.70. The van der Waals surface area contributed by atoms with E-state index in [9.17, 15) is 4.79 Å². The maximum atomic E-state index is 12.7. The summed E-state index contributed by atoms with van der Waals surface area (Å²) in [6.45, 7) is 4.05. The summed E-state index contributed by atoms with van der Waals surface area (Å²) in [4.78, 5) is 18.9. The zero-order valence-electron chi connectivity index (χ0n) is 16.4. The Bertz CT molecular complexity index is 754. The zero-order chi connectivity index (χ0) is 18.9. The molecule has 2 N–H and O–H groups in total. The molecule has 152 valence electrons. The highest BCUT2D eigenvalue weighted by Gasteiger charge is 2.18. The molecule has 0 bridgehead atoms. The lowest BCUT2D eigenvalue weighted by molar-refractivity contribution is 0.0724. The monoisotopic (exact) mass is 495 g/mol. The summed E-state index contributed by atoms with van der Waals surface area (Å²) < 4.78 is 2.12. The summed E-state index contributed by atoms with van der Waals surface area (Å²) in [5, 5.41) is 6.63. The Morgan fingerprint density at radius 2 is 1.82 bits per heavy atom. The van der Waals surface area contributed by atoms with Crippen LogP contribution in [0.1, 0.15) is 35.2 Å². The fraction of sp³-hybridized carbons (Fsp3) is 0.429. The highest BCUT2D eigenvalue weighted by molar-refractivity contribution is 14.0. The first-order valence-corrected chi connectivity index (χ1v) is 9.70. The molecule has 28 heavy (non-hydrogen) atoms.